The summed E-state index contributed by atoms with van der Waals surface area (Å²) in [5.74, 6) is -0.387. The van der Waals surface area contributed by atoms with E-state index in [0.717, 1.165) is 0 Å². The molecule has 0 atom stereocenters. The minimum atomic E-state index is -0.460. The van der Waals surface area contributed by atoms with Crippen molar-refractivity contribution >= 4 is 11.7 Å². The van der Waals surface area contributed by atoms with E-state index in [1.54, 1.807) is 31.2 Å². The third-order valence-electron chi connectivity index (χ3n) is 3.01. The number of pyridine rings is 1. The summed E-state index contributed by atoms with van der Waals surface area (Å²) < 4.78 is 24.1. The standard InChI is InChI=1S/C18H21FN2O3/c1-4-23-18(22)17-7-5-6-14(21-17)11-20-15-8-13(19)9-16(10-15)24-12(2)3/h5-10,12,20H,4,11H2,1-3H3. The number of aromatic nitrogens is 1. The quantitative estimate of drug-likeness (QED) is 0.782. The molecule has 1 aromatic carbocycles. The Bertz CT molecular complexity index is 704. The highest BCUT2D eigenvalue weighted by Crippen LogP contribution is 2.21. The molecule has 0 aliphatic carbocycles. The molecule has 1 N–H and O–H groups in total. The normalized spacial score (nSPS) is 10.5. The highest BCUT2D eigenvalue weighted by atomic mass is 19.1. The molecule has 0 bridgehead atoms. The van der Waals surface area contributed by atoms with E-state index in [2.05, 4.69) is 10.3 Å². The van der Waals surface area contributed by atoms with Crippen LogP contribution in [0.3, 0.4) is 0 Å². The molecule has 0 spiro atoms. The fourth-order valence-corrected chi connectivity index (χ4v) is 2.09. The molecule has 1 heterocycles. The SMILES string of the molecule is CCOC(=O)c1cccc(CNc2cc(F)cc(OC(C)C)c2)n1. The van der Waals surface area contributed by atoms with Crippen LogP contribution >= 0.6 is 0 Å². The Morgan fingerprint density at radius 1 is 1.29 bits per heavy atom. The van der Waals surface area contributed by atoms with Crippen molar-refractivity contribution < 1.29 is 18.7 Å². The van der Waals surface area contributed by atoms with Crippen LogP contribution in [0.25, 0.3) is 0 Å². The van der Waals surface area contributed by atoms with E-state index in [1.165, 1.54) is 12.1 Å². The van der Waals surface area contributed by atoms with Crippen molar-refractivity contribution in [1.29, 1.82) is 0 Å². The third-order valence-corrected chi connectivity index (χ3v) is 3.01. The van der Waals surface area contributed by atoms with Crippen molar-refractivity contribution in [3.8, 4) is 5.75 Å². The Hall–Kier alpha value is -2.63. The molecule has 0 unspecified atom stereocenters. The zero-order valence-electron chi connectivity index (χ0n) is 14.0. The summed E-state index contributed by atoms with van der Waals surface area (Å²) in [6, 6.07) is 9.54. The fourth-order valence-electron chi connectivity index (χ4n) is 2.09. The minimum Gasteiger partial charge on any atom is -0.491 e. The predicted octanol–water partition coefficient (Wildman–Crippen LogP) is 3.80. The van der Waals surface area contributed by atoms with E-state index in [1.807, 2.05) is 13.8 Å². The van der Waals surface area contributed by atoms with Crippen molar-refractivity contribution in [1.82, 2.24) is 4.98 Å². The van der Waals surface area contributed by atoms with Crippen LogP contribution in [0.4, 0.5) is 10.1 Å². The van der Waals surface area contributed by atoms with Crippen LogP contribution in [0.15, 0.2) is 36.4 Å². The number of nitrogens with zero attached hydrogens (tertiary/aromatic N) is 1. The van der Waals surface area contributed by atoms with E-state index < -0.39 is 5.97 Å². The number of carbonyl (C=O) groups is 1. The topological polar surface area (TPSA) is 60.5 Å². The number of esters is 1. The Kier molecular flexibility index (Phi) is 6.12. The van der Waals surface area contributed by atoms with Crippen molar-refractivity contribution in [2.75, 3.05) is 11.9 Å². The number of hydrogen-bond acceptors (Lipinski definition) is 5. The largest absolute Gasteiger partial charge is 0.491 e. The smallest absolute Gasteiger partial charge is 0.356 e. The van der Waals surface area contributed by atoms with Crippen LogP contribution in [0.5, 0.6) is 5.75 Å². The second-order valence-electron chi connectivity index (χ2n) is 5.43. The molecule has 1 aromatic heterocycles. The number of halogens is 1. The average molecular weight is 332 g/mol. The van der Waals surface area contributed by atoms with E-state index in [9.17, 15) is 9.18 Å². The van der Waals surface area contributed by atoms with Gasteiger partial charge in [0.2, 0.25) is 0 Å². The van der Waals surface area contributed by atoms with Gasteiger partial charge in [-0.1, -0.05) is 6.07 Å². The van der Waals surface area contributed by atoms with Crippen LogP contribution in [0.1, 0.15) is 37.0 Å². The number of anilines is 1. The number of ether oxygens (including phenoxy) is 2. The molecule has 128 valence electrons. The van der Waals surface area contributed by atoms with Gasteiger partial charge in [-0.3, -0.25) is 0 Å². The maximum absolute atomic E-state index is 13.7. The lowest BCUT2D eigenvalue weighted by molar-refractivity contribution is 0.0519. The molecular weight excluding hydrogens is 311 g/mol. The van der Waals surface area contributed by atoms with E-state index in [4.69, 9.17) is 9.47 Å². The molecule has 5 nitrogen and oxygen atoms in total. The number of benzene rings is 1. The summed E-state index contributed by atoms with van der Waals surface area (Å²) in [5.41, 5.74) is 1.48. The summed E-state index contributed by atoms with van der Waals surface area (Å²) in [6.45, 7) is 6.14. The number of rotatable bonds is 7. The van der Waals surface area contributed by atoms with Gasteiger partial charge in [0.25, 0.3) is 0 Å². The van der Waals surface area contributed by atoms with Crippen LogP contribution in [0, 0.1) is 5.82 Å². The molecule has 24 heavy (non-hydrogen) atoms. The van der Waals surface area contributed by atoms with Gasteiger partial charge in [-0.2, -0.15) is 0 Å². The van der Waals surface area contributed by atoms with E-state index in [0.29, 0.717) is 30.3 Å². The third kappa shape index (κ3) is 5.22. The van der Waals surface area contributed by atoms with Crippen LogP contribution in [-0.4, -0.2) is 23.7 Å². The first kappa shape index (κ1) is 17.7. The van der Waals surface area contributed by atoms with Crippen molar-refractivity contribution in [2.24, 2.45) is 0 Å². The van der Waals surface area contributed by atoms with Gasteiger partial charge >= 0.3 is 5.97 Å². The first-order chi connectivity index (χ1) is 11.5. The molecule has 0 aliphatic heterocycles. The Labute approximate surface area is 140 Å². The first-order valence-corrected chi connectivity index (χ1v) is 7.82. The second-order valence-corrected chi connectivity index (χ2v) is 5.43. The molecule has 0 saturated heterocycles. The molecule has 0 amide bonds. The van der Waals surface area contributed by atoms with Gasteiger partial charge in [0, 0.05) is 17.8 Å². The maximum atomic E-state index is 13.7. The fraction of sp³-hybridized carbons (Fsp3) is 0.333. The van der Waals surface area contributed by atoms with Gasteiger partial charge in [-0.25, -0.2) is 14.2 Å². The minimum absolute atomic E-state index is 0.0393. The zero-order chi connectivity index (χ0) is 17.5. The average Bonchev–Trinajstić information content (AvgIpc) is 2.52. The monoisotopic (exact) mass is 332 g/mol. The summed E-state index contributed by atoms with van der Waals surface area (Å²) in [4.78, 5) is 15.9. The van der Waals surface area contributed by atoms with Gasteiger partial charge < -0.3 is 14.8 Å². The summed E-state index contributed by atoms with van der Waals surface area (Å²) in [6.07, 6.45) is -0.0393. The zero-order valence-corrected chi connectivity index (χ0v) is 14.0. The van der Waals surface area contributed by atoms with Crippen molar-refractivity contribution in [3.63, 3.8) is 0 Å². The Morgan fingerprint density at radius 3 is 2.79 bits per heavy atom. The predicted molar refractivity (Wildman–Crippen MR) is 89.7 cm³/mol. The van der Waals surface area contributed by atoms with Gasteiger partial charge in [0.15, 0.2) is 0 Å². The lowest BCUT2D eigenvalue weighted by Gasteiger charge is -2.12. The molecule has 2 aromatic rings. The van der Waals surface area contributed by atoms with Gasteiger partial charge in [-0.15, -0.1) is 0 Å². The molecule has 6 heteroatoms. The number of hydrogen-bond donors (Lipinski definition) is 1. The summed E-state index contributed by atoms with van der Waals surface area (Å²) in [5, 5.41) is 3.08. The Morgan fingerprint density at radius 2 is 2.08 bits per heavy atom. The Balaban J connectivity index is 2.06. The molecule has 0 saturated carbocycles. The lowest BCUT2D eigenvalue weighted by Crippen LogP contribution is -2.10. The van der Waals surface area contributed by atoms with Gasteiger partial charge in [0.05, 0.1) is 24.9 Å². The summed E-state index contributed by atoms with van der Waals surface area (Å²) in [7, 11) is 0. The van der Waals surface area contributed by atoms with Crippen LogP contribution < -0.4 is 10.1 Å². The summed E-state index contributed by atoms with van der Waals surface area (Å²) >= 11 is 0. The molecule has 0 radical (unpaired) electrons. The molecule has 2 rings (SSSR count). The second kappa shape index (κ2) is 8.29. The van der Waals surface area contributed by atoms with Crippen LogP contribution in [-0.2, 0) is 11.3 Å². The lowest BCUT2D eigenvalue weighted by atomic mass is 10.2. The molecular formula is C18H21FN2O3. The van der Waals surface area contributed by atoms with Gasteiger partial charge in [0.1, 0.15) is 17.3 Å². The maximum Gasteiger partial charge on any atom is 0.356 e. The van der Waals surface area contributed by atoms with E-state index >= 15 is 0 Å². The van der Waals surface area contributed by atoms with Crippen LogP contribution in [0.2, 0.25) is 0 Å². The number of carbonyl (C=O) groups excluding carboxylic acids is 1. The molecule has 0 aliphatic rings. The molecule has 0 fully saturated rings. The highest BCUT2D eigenvalue weighted by molar-refractivity contribution is 5.87. The van der Waals surface area contributed by atoms with Crippen molar-refractivity contribution in [3.05, 3.63) is 53.6 Å². The van der Waals surface area contributed by atoms with Crippen molar-refractivity contribution in [2.45, 2.75) is 33.4 Å². The van der Waals surface area contributed by atoms with E-state index in [-0.39, 0.29) is 17.6 Å². The number of nitrogens with one attached hydrogen (secondary N) is 1. The first-order valence-electron chi connectivity index (χ1n) is 7.82. The van der Waals surface area contributed by atoms with Gasteiger partial charge in [-0.05, 0) is 39.0 Å². The highest BCUT2D eigenvalue weighted by Gasteiger charge is 2.09.